The van der Waals surface area contributed by atoms with E-state index in [-0.39, 0.29) is 30.7 Å². The molecule has 0 aromatic rings. The maximum atomic E-state index is 12.0. The average Bonchev–Trinajstić information content (AvgIpc) is 2.37. The predicted octanol–water partition coefficient (Wildman–Crippen LogP) is 0.368. The van der Waals surface area contributed by atoms with Crippen molar-refractivity contribution in [2.75, 3.05) is 13.6 Å². The van der Waals surface area contributed by atoms with Crippen molar-refractivity contribution >= 4 is 17.8 Å². The second kappa shape index (κ2) is 6.98. The molecule has 0 aliphatic carbocycles. The van der Waals surface area contributed by atoms with E-state index in [0.717, 1.165) is 12.8 Å². The molecule has 1 aliphatic rings. The molecule has 6 nitrogen and oxygen atoms in total. The van der Waals surface area contributed by atoms with Gasteiger partial charge in [0.1, 0.15) is 6.04 Å². The minimum atomic E-state index is -0.899. The number of hydrogen-bond acceptors (Lipinski definition) is 3. The molecule has 1 rings (SSSR count). The number of carboxylic acid groups (broad SMARTS) is 1. The number of nitrogens with zero attached hydrogens (tertiary/aromatic N) is 1. The van der Waals surface area contributed by atoms with Gasteiger partial charge in [0.2, 0.25) is 11.8 Å². The Kier molecular flexibility index (Phi) is 5.61. The average molecular weight is 256 g/mol. The van der Waals surface area contributed by atoms with E-state index in [0.29, 0.717) is 19.4 Å². The molecule has 0 radical (unpaired) electrons. The molecule has 102 valence electrons. The molecule has 2 N–H and O–H groups in total. The fourth-order valence-electron chi connectivity index (χ4n) is 2.20. The van der Waals surface area contributed by atoms with Gasteiger partial charge in [0.25, 0.3) is 0 Å². The van der Waals surface area contributed by atoms with Crippen LogP contribution in [0.1, 0.15) is 38.5 Å². The van der Waals surface area contributed by atoms with Crippen LogP contribution in [0.2, 0.25) is 0 Å². The second-order valence-corrected chi connectivity index (χ2v) is 4.46. The van der Waals surface area contributed by atoms with E-state index < -0.39 is 5.97 Å². The molecule has 0 saturated carbocycles. The SMILES string of the molecule is CNC(=O)C1CCCCN1C(=O)CCCC(=O)O. The van der Waals surface area contributed by atoms with Gasteiger partial charge in [-0.2, -0.15) is 0 Å². The number of nitrogens with one attached hydrogen (secondary N) is 1. The highest BCUT2D eigenvalue weighted by Crippen LogP contribution is 2.18. The number of carbonyl (C=O) groups is 3. The molecular weight excluding hydrogens is 236 g/mol. The summed E-state index contributed by atoms with van der Waals surface area (Å²) in [6.07, 6.45) is 3.04. The molecule has 0 spiro atoms. The van der Waals surface area contributed by atoms with Crippen molar-refractivity contribution in [1.29, 1.82) is 0 Å². The van der Waals surface area contributed by atoms with Crippen molar-refractivity contribution in [2.24, 2.45) is 0 Å². The van der Waals surface area contributed by atoms with Crippen LogP contribution in [0.15, 0.2) is 0 Å². The monoisotopic (exact) mass is 256 g/mol. The maximum Gasteiger partial charge on any atom is 0.303 e. The van der Waals surface area contributed by atoms with Crippen molar-refractivity contribution in [2.45, 2.75) is 44.6 Å². The highest BCUT2D eigenvalue weighted by Gasteiger charge is 2.30. The predicted molar refractivity (Wildman–Crippen MR) is 64.9 cm³/mol. The Labute approximate surface area is 106 Å². The fourth-order valence-corrected chi connectivity index (χ4v) is 2.20. The van der Waals surface area contributed by atoms with Crippen molar-refractivity contribution in [1.82, 2.24) is 10.2 Å². The van der Waals surface area contributed by atoms with Crippen LogP contribution in [0.3, 0.4) is 0 Å². The molecule has 1 unspecified atom stereocenters. The number of piperidine rings is 1. The summed E-state index contributed by atoms with van der Waals surface area (Å²) in [6, 6.07) is -0.388. The zero-order valence-electron chi connectivity index (χ0n) is 10.6. The van der Waals surface area contributed by atoms with Gasteiger partial charge >= 0.3 is 5.97 Å². The van der Waals surface area contributed by atoms with Crippen molar-refractivity contribution in [3.63, 3.8) is 0 Å². The number of amides is 2. The Morgan fingerprint density at radius 1 is 1.28 bits per heavy atom. The Morgan fingerprint density at radius 2 is 2.00 bits per heavy atom. The quantitative estimate of drug-likeness (QED) is 0.744. The van der Waals surface area contributed by atoms with Gasteiger partial charge in [0.05, 0.1) is 0 Å². The van der Waals surface area contributed by atoms with E-state index in [2.05, 4.69) is 5.32 Å². The lowest BCUT2D eigenvalue weighted by Crippen LogP contribution is -2.51. The first-order chi connectivity index (χ1) is 8.56. The topological polar surface area (TPSA) is 86.7 Å². The van der Waals surface area contributed by atoms with Crippen LogP contribution in [0, 0.1) is 0 Å². The number of likely N-dealkylation sites (tertiary alicyclic amines) is 1. The summed E-state index contributed by atoms with van der Waals surface area (Å²) >= 11 is 0. The van der Waals surface area contributed by atoms with E-state index in [1.165, 1.54) is 0 Å². The third-order valence-corrected chi connectivity index (χ3v) is 3.15. The van der Waals surface area contributed by atoms with Gasteiger partial charge in [0.15, 0.2) is 0 Å². The zero-order valence-corrected chi connectivity index (χ0v) is 10.6. The second-order valence-electron chi connectivity index (χ2n) is 4.46. The molecule has 1 heterocycles. The van der Waals surface area contributed by atoms with Gasteiger partial charge in [-0.05, 0) is 25.7 Å². The van der Waals surface area contributed by atoms with Crippen molar-refractivity contribution < 1.29 is 19.5 Å². The molecule has 0 aromatic carbocycles. The molecule has 1 aliphatic heterocycles. The lowest BCUT2D eigenvalue weighted by Gasteiger charge is -2.34. The third kappa shape index (κ3) is 4.01. The van der Waals surface area contributed by atoms with Crippen LogP contribution >= 0.6 is 0 Å². The maximum absolute atomic E-state index is 12.0. The molecule has 1 atom stereocenters. The summed E-state index contributed by atoms with van der Waals surface area (Å²) < 4.78 is 0. The first-order valence-electron chi connectivity index (χ1n) is 6.29. The normalized spacial score (nSPS) is 19.4. The Morgan fingerprint density at radius 3 is 2.61 bits per heavy atom. The van der Waals surface area contributed by atoms with E-state index in [9.17, 15) is 14.4 Å². The minimum Gasteiger partial charge on any atom is -0.481 e. The molecule has 0 bridgehead atoms. The van der Waals surface area contributed by atoms with Crippen molar-refractivity contribution in [3.05, 3.63) is 0 Å². The van der Waals surface area contributed by atoms with Gasteiger partial charge < -0.3 is 15.3 Å². The summed E-state index contributed by atoms with van der Waals surface area (Å²) in [5.41, 5.74) is 0. The van der Waals surface area contributed by atoms with E-state index in [4.69, 9.17) is 5.11 Å². The lowest BCUT2D eigenvalue weighted by atomic mass is 10.0. The number of carbonyl (C=O) groups excluding carboxylic acids is 2. The zero-order chi connectivity index (χ0) is 13.5. The standard InChI is InChI=1S/C12H20N2O4/c1-13-12(18)9-5-2-3-8-14(9)10(15)6-4-7-11(16)17/h9H,2-8H2,1H3,(H,13,18)(H,16,17). The first kappa shape index (κ1) is 14.5. The smallest absolute Gasteiger partial charge is 0.303 e. The van der Waals surface area contributed by atoms with Crippen LogP contribution in [0.4, 0.5) is 0 Å². The summed E-state index contributed by atoms with van der Waals surface area (Å²) in [5.74, 6) is -1.16. The number of rotatable bonds is 5. The third-order valence-electron chi connectivity index (χ3n) is 3.15. The van der Waals surface area contributed by atoms with Gasteiger partial charge in [-0.1, -0.05) is 0 Å². The lowest BCUT2D eigenvalue weighted by molar-refractivity contribution is -0.142. The van der Waals surface area contributed by atoms with Crippen LogP contribution in [-0.2, 0) is 14.4 Å². The van der Waals surface area contributed by atoms with E-state index in [1.807, 2.05) is 0 Å². The Hall–Kier alpha value is -1.59. The summed E-state index contributed by atoms with van der Waals surface area (Å²) in [7, 11) is 1.56. The Balaban J connectivity index is 2.52. The summed E-state index contributed by atoms with van der Waals surface area (Å²) in [6.45, 7) is 0.587. The highest BCUT2D eigenvalue weighted by atomic mass is 16.4. The molecule has 1 saturated heterocycles. The van der Waals surface area contributed by atoms with Gasteiger partial charge in [0, 0.05) is 26.4 Å². The minimum absolute atomic E-state index is 0.00970. The largest absolute Gasteiger partial charge is 0.481 e. The van der Waals surface area contributed by atoms with Gasteiger partial charge in [-0.15, -0.1) is 0 Å². The molecule has 18 heavy (non-hydrogen) atoms. The number of hydrogen-bond donors (Lipinski definition) is 2. The van der Waals surface area contributed by atoms with Crippen LogP contribution < -0.4 is 5.32 Å². The van der Waals surface area contributed by atoms with Crippen LogP contribution in [-0.4, -0.2) is 47.4 Å². The van der Waals surface area contributed by atoms with Gasteiger partial charge in [-0.3, -0.25) is 14.4 Å². The molecule has 0 aromatic heterocycles. The first-order valence-corrected chi connectivity index (χ1v) is 6.29. The molecule has 2 amide bonds. The molecule has 6 heteroatoms. The van der Waals surface area contributed by atoms with E-state index >= 15 is 0 Å². The summed E-state index contributed by atoms with van der Waals surface area (Å²) in [4.78, 5) is 35.6. The number of aliphatic carboxylic acids is 1. The fraction of sp³-hybridized carbons (Fsp3) is 0.750. The highest BCUT2D eigenvalue weighted by molar-refractivity contribution is 5.87. The van der Waals surface area contributed by atoms with Gasteiger partial charge in [-0.25, -0.2) is 0 Å². The van der Waals surface area contributed by atoms with E-state index in [1.54, 1.807) is 11.9 Å². The van der Waals surface area contributed by atoms with Crippen LogP contribution in [0.25, 0.3) is 0 Å². The number of carboxylic acids is 1. The number of likely N-dealkylation sites (N-methyl/N-ethyl adjacent to an activating group) is 1. The molecular formula is C12H20N2O4. The molecule has 1 fully saturated rings. The van der Waals surface area contributed by atoms with Crippen LogP contribution in [0.5, 0.6) is 0 Å². The van der Waals surface area contributed by atoms with Crippen molar-refractivity contribution in [3.8, 4) is 0 Å². The summed E-state index contributed by atoms with van der Waals surface area (Å²) in [5, 5.41) is 11.1. The Bertz CT molecular complexity index is 330.